The van der Waals surface area contributed by atoms with Gasteiger partial charge in [-0.25, -0.2) is 18.3 Å². The molecule has 150 valence electrons. The highest BCUT2D eigenvalue weighted by Crippen LogP contribution is 2.37. The first-order chi connectivity index (χ1) is 14.0. The smallest absolute Gasteiger partial charge is 0.243 e. The van der Waals surface area contributed by atoms with Gasteiger partial charge in [0.15, 0.2) is 5.82 Å². The standard InChI is InChI=1S/C20H20F2N6O/c1-10-24-15-6-5-12(7-16(15)27(10)8-13(21)11-3-4-11)17-14(22)9-28-18(17)19(29-2)25-20(23)26-28/h5-7,9,11,13H,3-4,8H2,1-2H3,(H2,23,26). The molecular weight excluding hydrogens is 378 g/mol. The Kier molecular flexibility index (Phi) is 3.94. The number of benzene rings is 1. The molecule has 1 aromatic carbocycles. The molecule has 3 aromatic heterocycles. The fourth-order valence-electron chi connectivity index (χ4n) is 3.87. The Bertz CT molecular complexity index is 1240. The Balaban J connectivity index is 1.69. The molecule has 1 atom stereocenters. The monoisotopic (exact) mass is 398 g/mol. The molecule has 9 heteroatoms. The molecular formula is C20H20F2N6O. The first-order valence-electron chi connectivity index (χ1n) is 9.46. The summed E-state index contributed by atoms with van der Waals surface area (Å²) in [6, 6.07) is 5.41. The molecule has 1 saturated carbocycles. The van der Waals surface area contributed by atoms with E-state index in [4.69, 9.17) is 10.5 Å². The normalized spacial score (nSPS) is 15.3. The van der Waals surface area contributed by atoms with Crippen LogP contribution >= 0.6 is 0 Å². The number of alkyl halides is 1. The van der Waals surface area contributed by atoms with E-state index in [1.807, 2.05) is 23.6 Å². The molecule has 29 heavy (non-hydrogen) atoms. The van der Waals surface area contributed by atoms with Crippen molar-refractivity contribution in [3.8, 4) is 17.0 Å². The third kappa shape index (κ3) is 2.88. The maximum atomic E-state index is 14.9. The zero-order valence-electron chi connectivity index (χ0n) is 16.1. The van der Waals surface area contributed by atoms with Crippen LogP contribution in [0, 0.1) is 18.7 Å². The molecule has 2 N–H and O–H groups in total. The lowest BCUT2D eigenvalue weighted by atomic mass is 10.1. The van der Waals surface area contributed by atoms with Crippen LogP contribution in [0.1, 0.15) is 18.7 Å². The van der Waals surface area contributed by atoms with Gasteiger partial charge < -0.3 is 15.0 Å². The van der Waals surface area contributed by atoms with Gasteiger partial charge in [-0.15, -0.1) is 5.10 Å². The number of hydrogen-bond donors (Lipinski definition) is 1. The second-order valence-corrected chi connectivity index (χ2v) is 7.45. The first-order valence-corrected chi connectivity index (χ1v) is 9.46. The average molecular weight is 398 g/mol. The molecule has 4 aromatic rings. The van der Waals surface area contributed by atoms with E-state index < -0.39 is 12.0 Å². The van der Waals surface area contributed by atoms with Crippen molar-refractivity contribution in [2.24, 2.45) is 5.92 Å². The van der Waals surface area contributed by atoms with Crippen molar-refractivity contribution in [3.05, 3.63) is 36.0 Å². The van der Waals surface area contributed by atoms with Gasteiger partial charge in [0, 0.05) is 0 Å². The molecule has 5 rings (SSSR count). The van der Waals surface area contributed by atoms with Crippen molar-refractivity contribution in [1.29, 1.82) is 0 Å². The van der Waals surface area contributed by atoms with Gasteiger partial charge in [-0.3, -0.25) is 0 Å². The van der Waals surface area contributed by atoms with E-state index in [0.717, 1.165) is 29.7 Å². The van der Waals surface area contributed by atoms with Gasteiger partial charge in [0.1, 0.15) is 17.5 Å². The predicted octanol–water partition coefficient (Wildman–Crippen LogP) is 3.53. The van der Waals surface area contributed by atoms with E-state index in [2.05, 4.69) is 15.1 Å². The topological polar surface area (TPSA) is 83.3 Å². The fraction of sp³-hybridized carbons (Fsp3) is 0.350. The minimum absolute atomic E-state index is 0.0193. The van der Waals surface area contributed by atoms with Gasteiger partial charge in [-0.1, -0.05) is 6.07 Å². The average Bonchev–Trinajstić information content (AvgIpc) is 3.43. The van der Waals surface area contributed by atoms with Crippen molar-refractivity contribution in [3.63, 3.8) is 0 Å². The largest absolute Gasteiger partial charge is 0.479 e. The van der Waals surface area contributed by atoms with Crippen LogP contribution in [0.4, 0.5) is 14.7 Å². The molecule has 0 spiro atoms. The molecule has 1 unspecified atom stereocenters. The van der Waals surface area contributed by atoms with Crippen LogP contribution < -0.4 is 10.5 Å². The molecule has 0 saturated heterocycles. The molecule has 0 amide bonds. The van der Waals surface area contributed by atoms with E-state index in [1.165, 1.54) is 17.8 Å². The molecule has 0 bridgehead atoms. The number of nitrogen functional groups attached to an aromatic ring is 1. The minimum Gasteiger partial charge on any atom is -0.479 e. The van der Waals surface area contributed by atoms with Gasteiger partial charge in [0.2, 0.25) is 11.8 Å². The summed E-state index contributed by atoms with van der Waals surface area (Å²) in [5.41, 5.74) is 8.46. The summed E-state index contributed by atoms with van der Waals surface area (Å²) < 4.78 is 37.9. The van der Waals surface area contributed by atoms with Crippen LogP contribution in [-0.4, -0.2) is 37.4 Å². The van der Waals surface area contributed by atoms with Gasteiger partial charge in [-0.05, 0) is 43.4 Å². The second kappa shape index (κ2) is 6.40. The third-order valence-electron chi connectivity index (χ3n) is 5.48. The summed E-state index contributed by atoms with van der Waals surface area (Å²) in [6.45, 7) is 2.10. The third-order valence-corrected chi connectivity index (χ3v) is 5.48. The van der Waals surface area contributed by atoms with Gasteiger partial charge in [0.25, 0.3) is 0 Å². The Morgan fingerprint density at radius 3 is 2.83 bits per heavy atom. The zero-order valence-corrected chi connectivity index (χ0v) is 16.1. The summed E-state index contributed by atoms with van der Waals surface area (Å²) >= 11 is 0. The van der Waals surface area contributed by atoms with Crippen molar-refractivity contribution in [1.82, 2.24) is 24.1 Å². The Morgan fingerprint density at radius 1 is 1.31 bits per heavy atom. The molecule has 7 nitrogen and oxygen atoms in total. The highest BCUT2D eigenvalue weighted by Gasteiger charge is 2.32. The van der Waals surface area contributed by atoms with E-state index in [-0.39, 0.29) is 24.3 Å². The number of aryl methyl sites for hydroxylation is 1. The number of imidazole rings is 1. The Hall–Kier alpha value is -3.23. The van der Waals surface area contributed by atoms with Gasteiger partial charge >= 0.3 is 0 Å². The summed E-state index contributed by atoms with van der Waals surface area (Å²) in [5.74, 6) is 0.547. The number of hydrogen-bond acceptors (Lipinski definition) is 5. The van der Waals surface area contributed by atoms with E-state index in [1.54, 1.807) is 6.07 Å². The number of anilines is 1. The van der Waals surface area contributed by atoms with Crippen molar-refractivity contribution < 1.29 is 13.5 Å². The number of nitrogens with two attached hydrogens (primary N) is 1. The number of nitrogens with zero attached hydrogens (tertiary/aromatic N) is 5. The minimum atomic E-state index is -0.904. The quantitative estimate of drug-likeness (QED) is 0.556. The summed E-state index contributed by atoms with van der Waals surface area (Å²) in [4.78, 5) is 8.59. The van der Waals surface area contributed by atoms with E-state index in [9.17, 15) is 8.78 Å². The van der Waals surface area contributed by atoms with E-state index >= 15 is 0 Å². The predicted molar refractivity (Wildman–Crippen MR) is 105 cm³/mol. The lowest BCUT2D eigenvalue weighted by molar-refractivity contribution is 0.263. The summed E-state index contributed by atoms with van der Waals surface area (Å²) in [6.07, 6.45) is 2.20. The molecule has 3 heterocycles. The molecule has 0 aliphatic heterocycles. The van der Waals surface area contributed by atoms with Crippen LogP contribution in [0.2, 0.25) is 0 Å². The maximum absolute atomic E-state index is 14.9. The van der Waals surface area contributed by atoms with Crippen molar-refractivity contribution in [2.75, 3.05) is 12.8 Å². The number of ether oxygens (including phenoxy) is 1. The number of rotatable bonds is 5. The zero-order chi connectivity index (χ0) is 20.3. The fourth-order valence-corrected chi connectivity index (χ4v) is 3.87. The molecule has 1 fully saturated rings. The number of aromatic nitrogens is 5. The summed E-state index contributed by atoms with van der Waals surface area (Å²) in [7, 11) is 1.44. The van der Waals surface area contributed by atoms with Crippen molar-refractivity contribution >= 4 is 22.5 Å². The molecule has 1 aliphatic rings. The Morgan fingerprint density at radius 2 is 2.10 bits per heavy atom. The highest BCUT2D eigenvalue weighted by molar-refractivity contribution is 5.90. The van der Waals surface area contributed by atoms with Crippen molar-refractivity contribution in [2.45, 2.75) is 32.5 Å². The van der Waals surface area contributed by atoms with Crippen LogP contribution in [0.3, 0.4) is 0 Å². The first kappa shape index (κ1) is 17.8. The van der Waals surface area contributed by atoms with Crippen LogP contribution in [0.15, 0.2) is 24.4 Å². The van der Waals surface area contributed by atoms with Crippen LogP contribution in [-0.2, 0) is 6.54 Å². The number of halogens is 2. The lowest BCUT2D eigenvalue weighted by Crippen LogP contribution is -2.14. The number of fused-ring (bicyclic) bond motifs is 2. The maximum Gasteiger partial charge on any atom is 0.243 e. The molecule has 0 radical (unpaired) electrons. The van der Waals surface area contributed by atoms with E-state index in [0.29, 0.717) is 16.6 Å². The van der Waals surface area contributed by atoms with Crippen LogP contribution in [0.25, 0.3) is 27.7 Å². The van der Waals surface area contributed by atoms with Crippen LogP contribution in [0.5, 0.6) is 5.88 Å². The van der Waals surface area contributed by atoms with Gasteiger partial charge in [0.05, 0.1) is 36.4 Å². The highest BCUT2D eigenvalue weighted by atomic mass is 19.1. The molecule has 1 aliphatic carbocycles. The lowest BCUT2D eigenvalue weighted by Gasteiger charge is -2.11. The Labute approximate surface area is 165 Å². The number of methoxy groups -OCH3 is 1. The summed E-state index contributed by atoms with van der Waals surface area (Å²) in [5, 5.41) is 4.04. The van der Waals surface area contributed by atoms with Gasteiger partial charge in [-0.2, -0.15) is 4.98 Å². The second-order valence-electron chi connectivity index (χ2n) is 7.45. The SMILES string of the molecule is COc1nc(N)nn2cc(F)c(-c3ccc4nc(C)n(CC(F)C5CC5)c4c3)c12.